The molecule has 0 spiro atoms. The summed E-state index contributed by atoms with van der Waals surface area (Å²) in [5.74, 6) is -0.156. The Bertz CT molecular complexity index is 368. The number of hydrogen-bond acceptors (Lipinski definition) is 3. The van der Waals surface area contributed by atoms with Gasteiger partial charge in [-0.2, -0.15) is 0 Å². The van der Waals surface area contributed by atoms with Crippen LogP contribution in [0.1, 0.15) is 30.9 Å². The van der Waals surface area contributed by atoms with Crippen molar-refractivity contribution < 1.29 is 14.3 Å². The highest BCUT2D eigenvalue weighted by atomic mass is 16.6. The summed E-state index contributed by atoms with van der Waals surface area (Å²) in [6, 6.07) is 7.99. The van der Waals surface area contributed by atoms with Crippen LogP contribution in [0.4, 0.5) is 0 Å². The molecule has 0 unspecified atom stereocenters. The van der Waals surface area contributed by atoms with Crippen molar-refractivity contribution in [3.63, 3.8) is 0 Å². The average Bonchev–Trinajstić information content (AvgIpc) is 2.39. The van der Waals surface area contributed by atoms with Gasteiger partial charge in [0.1, 0.15) is 6.61 Å². The lowest BCUT2D eigenvalue weighted by Crippen LogP contribution is -2.10. The number of ether oxygens (including phenoxy) is 2. The first-order chi connectivity index (χ1) is 8.76. The highest BCUT2D eigenvalue weighted by molar-refractivity contribution is 5.69. The van der Waals surface area contributed by atoms with Gasteiger partial charge in [0.15, 0.2) is 0 Å². The van der Waals surface area contributed by atoms with Crippen LogP contribution in [0.2, 0.25) is 0 Å². The Morgan fingerprint density at radius 2 is 2.00 bits per heavy atom. The Morgan fingerprint density at radius 1 is 1.28 bits per heavy atom. The zero-order chi connectivity index (χ0) is 13.2. The normalized spacial score (nSPS) is 10.1. The van der Waals surface area contributed by atoms with Crippen molar-refractivity contribution in [2.45, 2.75) is 26.4 Å². The highest BCUT2D eigenvalue weighted by Gasteiger charge is 2.00. The molecule has 18 heavy (non-hydrogen) atoms. The molecule has 0 aliphatic carbocycles. The van der Waals surface area contributed by atoms with Crippen LogP contribution >= 0.6 is 0 Å². The molecule has 0 bridgehead atoms. The largest absolute Gasteiger partial charge is 0.463 e. The Morgan fingerprint density at radius 3 is 2.61 bits per heavy atom. The lowest BCUT2D eigenvalue weighted by Gasteiger charge is -2.06. The molecule has 0 aliphatic heterocycles. The molecule has 0 saturated carbocycles. The van der Waals surface area contributed by atoms with Crippen molar-refractivity contribution in [3.05, 3.63) is 42.0 Å². The number of benzene rings is 1. The second-order valence-electron chi connectivity index (χ2n) is 3.97. The van der Waals surface area contributed by atoms with Crippen LogP contribution in [0.15, 0.2) is 30.8 Å². The molecule has 98 valence electrons. The number of rotatable bonds is 8. The van der Waals surface area contributed by atoms with Gasteiger partial charge in [-0.3, -0.25) is 4.79 Å². The zero-order valence-corrected chi connectivity index (χ0v) is 10.9. The highest BCUT2D eigenvalue weighted by Crippen LogP contribution is 2.06. The minimum absolute atomic E-state index is 0.156. The number of carbonyl (C=O) groups excluding carboxylic acids is 1. The molecule has 0 atom stereocenters. The fourth-order valence-corrected chi connectivity index (χ4v) is 1.43. The Kier molecular flexibility index (Phi) is 6.81. The van der Waals surface area contributed by atoms with Crippen molar-refractivity contribution in [2.24, 2.45) is 0 Å². The molecule has 0 radical (unpaired) electrons. The van der Waals surface area contributed by atoms with E-state index in [-0.39, 0.29) is 5.97 Å². The predicted octanol–water partition coefficient (Wildman–Crippen LogP) is 3.19. The third-order valence-corrected chi connectivity index (χ3v) is 2.43. The summed E-state index contributed by atoms with van der Waals surface area (Å²) in [5.41, 5.74) is 2.19. The van der Waals surface area contributed by atoms with Crippen molar-refractivity contribution >= 4 is 12.0 Å². The fraction of sp³-hybridized carbons (Fsp3) is 0.400. The van der Waals surface area contributed by atoms with Gasteiger partial charge in [0.2, 0.25) is 0 Å². The molecule has 0 heterocycles. The van der Waals surface area contributed by atoms with Gasteiger partial charge in [-0.15, -0.1) is 0 Å². The number of carbonyl (C=O) groups is 1. The first kappa shape index (κ1) is 14.5. The summed E-state index contributed by atoms with van der Waals surface area (Å²) in [6.07, 6.45) is 3.09. The van der Waals surface area contributed by atoms with E-state index in [1.807, 2.05) is 31.2 Å². The van der Waals surface area contributed by atoms with E-state index >= 15 is 0 Å². The molecule has 0 aliphatic rings. The third-order valence-electron chi connectivity index (χ3n) is 2.43. The van der Waals surface area contributed by atoms with Gasteiger partial charge in [-0.05, 0) is 17.5 Å². The Labute approximate surface area is 108 Å². The maximum atomic E-state index is 11.1. The SMILES string of the molecule is C=Cc1ccc(COCCOC(=O)CCC)cc1. The lowest BCUT2D eigenvalue weighted by atomic mass is 10.1. The van der Waals surface area contributed by atoms with Crippen LogP contribution in [0.3, 0.4) is 0 Å². The van der Waals surface area contributed by atoms with Gasteiger partial charge in [0.25, 0.3) is 0 Å². The van der Waals surface area contributed by atoms with Crippen LogP contribution in [0.5, 0.6) is 0 Å². The summed E-state index contributed by atoms with van der Waals surface area (Å²) in [6.45, 7) is 6.93. The van der Waals surface area contributed by atoms with Gasteiger partial charge in [-0.1, -0.05) is 43.8 Å². The molecule has 0 amide bonds. The van der Waals surface area contributed by atoms with E-state index in [4.69, 9.17) is 9.47 Å². The molecule has 0 fully saturated rings. The number of hydrogen-bond donors (Lipinski definition) is 0. The molecule has 0 saturated heterocycles. The minimum Gasteiger partial charge on any atom is -0.463 e. The zero-order valence-electron chi connectivity index (χ0n) is 10.9. The van der Waals surface area contributed by atoms with E-state index in [2.05, 4.69) is 6.58 Å². The third kappa shape index (κ3) is 5.64. The van der Waals surface area contributed by atoms with E-state index in [1.165, 1.54) is 0 Å². The molecule has 3 nitrogen and oxygen atoms in total. The van der Waals surface area contributed by atoms with Crippen LogP contribution in [0, 0.1) is 0 Å². The molecule has 1 rings (SSSR count). The monoisotopic (exact) mass is 248 g/mol. The summed E-state index contributed by atoms with van der Waals surface area (Å²) in [4.78, 5) is 11.1. The summed E-state index contributed by atoms with van der Waals surface area (Å²) in [7, 11) is 0. The maximum Gasteiger partial charge on any atom is 0.305 e. The molecular weight excluding hydrogens is 228 g/mol. The molecule has 0 N–H and O–H groups in total. The van der Waals surface area contributed by atoms with Crippen LogP contribution < -0.4 is 0 Å². The smallest absolute Gasteiger partial charge is 0.305 e. The first-order valence-corrected chi connectivity index (χ1v) is 6.21. The van der Waals surface area contributed by atoms with Crippen molar-refractivity contribution in [1.29, 1.82) is 0 Å². The standard InChI is InChI=1S/C15H20O3/c1-3-5-15(16)18-11-10-17-12-14-8-6-13(4-2)7-9-14/h4,6-9H,2-3,5,10-12H2,1H3. The Hall–Kier alpha value is -1.61. The molecular formula is C15H20O3. The second-order valence-corrected chi connectivity index (χ2v) is 3.97. The minimum atomic E-state index is -0.156. The van der Waals surface area contributed by atoms with E-state index in [0.29, 0.717) is 26.2 Å². The summed E-state index contributed by atoms with van der Waals surface area (Å²) in [5, 5.41) is 0. The van der Waals surface area contributed by atoms with Gasteiger partial charge in [-0.25, -0.2) is 0 Å². The van der Waals surface area contributed by atoms with Gasteiger partial charge in [0.05, 0.1) is 13.2 Å². The Balaban J connectivity index is 2.13. The van der Waals surface area contributed by atoms with E-state index < -0.39 is 0 Å². The van der Waals surface area contributed by atoms with Crippen molar-refractivity contribution in [3.8, 4) is 0 Å². The van der Waals surface area contributed by atoms with Gasteiger partial charge < -0.3 is 9.47 Å². The van der Waals surface area contributed by atoms with Crippen LogP contribution in [-0.2, 0) is 20.9 Å². The topological polar surface area (TPSA) is 35.5 Å². The van der Waals surface area contributed by atoms with Crippen molar-refractivity contribution in [2.75, 3.05) is 13.2 Å². The second kappa shape index (κ2) is 8.48. The number of esters is 1. The fourth-order valence-electron chi connectivity index (χ4n) is 1.43. The maximum absolute atomic E-state index is 11.1. The predicted molar refractivity (Wildman–Crippen MR) is 72.1 cm³/mol. The molecule has 0 aromatic heterocycles. The van der Waals surface area contributed by atoms with Crippen molar-refractivity contribution in [1.82, 2.24) is 0 Å². The average molecular weight is 248 g/mol. The van der Waals surface area contributed by atoms with Gasteiger partial charge >= 0.3 is 5.97 Å². The van der Waals surface area contributed by atoms with E-state index in [0.717, 1.165) is 17.5 Å². The van der Waals surface area contributed by atoms with E-state index in [9.17, 15) is 4.79 Å². The molecule has 1 aromatic rings. The lowest BCUT2D eigenvalue weighted by molar-refractivity contribution is -0.145. The molecule has 3 heteroatoms. The summed E-state index contributed by atoms with van der Waals surface area (Å²) >= 11 is 0. The van der Waals surface area contributed by atoms with Gasteiger partial charge in [0, 0.05) is 6.42 Å². The quantitative estimate of drug-likeness (QED) is 0.523. The van der Waals surface area contributed by atoms with Crippen LogP contribution in [0.25, 0.3) is 6.08 Å². The van der Waals surface area contributed by atoms with Crippen LogP contribution in [-0.4, -0.2) is 19.2 Å². The molecule has 1 aromatic carbocycles. The first-order valence-electron chi connectivity index (χ1n) is 6.21. The van der Waals surface area contributed by atoms with E-state index in [1.54, 1.807) is 6.08 Å². The summed E-state index contributed by atoms with van der Waals surface area (Å²) < 4.78 is 10.4.